The normalized spacial score (nSPS) is 19.9. The average Bonchev–Trinajstić information content (AvgIpc) is 3.10. The second kappa shape index (κ2) is 4.77. The lowest BCUT2D eigenvalue weighted by Crippen LogP contribution is -2.34. The Morgan fingerprint density at radius 2 is 2.00 bits per heavy atom. The fourth-order valence-electron chi connectivity index (χ4n) is 1.95. The van der Waals surface area contributed by atoms with Crippen LogP contribution in [0.3, 0.4) is 0 Å². The summed E-state index contributed by atoms with van der Waals surface area (Å²) in [7, 11) is 0. The third-order valence-corrected chi connectivity index (χ3v) is 2.99. The molecule has 1 aromatic rings. The molecule has 2 N–H and O–H groups in total. The lowest BCUT2D eigenvalue weighted by Gasteiger charge is -2.22. The molecule has 1 saturated carbocycles. The Labute approximate surface area is 91.3 Å². The number of nitrogens with one attached hydrogen (secondary N) is 1. The molecule has 15 heavy (non-hydrogen) atoms. The van der Waals surface area contributed by atoms with Crippen LogP contribution >= 0.6 is 0 Å². The van der Waals surface area contributed by atoms with Crippen LogP contribution in [-0.2, 0) is 0 Å². The van der Waals surface area contributed by atoms with Gasteiger partial charge in [-0.2, -0.15) is 0 Å². The number of rotatable bonds is 5. The molecular weight excluding hydrogens is 186 g/mol. The van der Waals surface area contributed by atoms with E-state index >= 15 is 0 Å². The third-order valence-electron chi connectivity index (χ3n) is 2.99. The molecule has 2 rings (SSSR count). The molecule has 82 valence electrons. The molecular formula is C13H19NO. The van der Waals surface area contributed by atoms with Crippen molar-refractivity contribution in [1.82, 2.24) is 5.32 Å². The molecule has 1 fully saturated rings. The van der Waals surface area contributed by atoms with Crippen molar-refractivity contribution in [2.45, 2.75) is 31.8 Å². The summed E-state index contributed by atoms with van der Waals surface area (Å²) in [5.41, 5.74) is 1.35. The van der Waals surface area contributed by atoms with Crippen LogP contribution in [0, 0.1) is 5.92 Å². The number of hydrogen-bond acceptors (Lipinski definition) is 2. The maximum Gasteiger partial charge on any atom is 0.0582 e. The van der Waals surface area contributed by atoms with E-state index < -0.39 is 0 Å². The van der Waals surface area contributed by atoms with Gasteiger partial charge < -0.3 is 10.4 Å². The first kappa shape index (κ1) is 10.7. The van der Waals surface area contributed by atoms with Crippen molar-refractivity contribution < 1.29 is 5.11 Å². The van der Waals surface area contributed by atoms with Gasteiger partial charge in [0.05, 0.1) is 6.61 Å². The van der Waals surface area contributed by atoms with E-state index in [1.807, 2.05) is 13.0 Å². The van der Waals surface area contributed by atoms with E-state index in [9.17, 15) is 0 Å². The zero-order valence-electron chi connectivity index (χ0n) is 9.19. The highest BCUT2D eigenvalue weighted by molar-refractivity contribution is 5.21. The monoisotopic (exact) mass is 205 g/mol. The summed E-state index contributed by atoms with van der Waals surface area (Å²) in [5, 5.41) is 12.6. The van der Waals surface area contributed by atoms with Gasteiger partial charge in [0.1, 0.15) is 0 Å². The van der Waals surface area contributed by atoms with Crippen molar-refractivity contribution in [2.24, 2.45) is 5.92 Å². The van der Waals surface area contributed by atoms with Crippen LogP contribution in [0.1, 0.15) is 31.4 Å². The van der Waals surface area contributed by atoms with Crippen molar-refractivity contribution >= 4 is 0 Å². The molecule has 1 aliphatic carbocycles. The number of aliphatic hydroxyl groups excluding tert-OH is 1. The van der Waals surface area contributed by atoms with Gasteiger partial charge in [-0.25, -0.2) is 0 Å². The molecule has 0 aromatic heterocycles. The molecule has 0 bridgehead atoms. The van der Waals surface area contributed by atoms with Crippen LogP contribution in [0.5, 0.6) is 0 Å². The zero-order valence-corrected chi connectivity index (χ0v) is 9.19. The van der Waals surface area contributed by atoms with Crippen molar-refractivity contribution in [3.8, 4) is 0 Å². The Kier molecular flexibility index (Phi) is 3.39. The molecule has 2 nitrogen and oxygen atoms in total. The molecule has 0 spiro atoms. The molecule has 1 aromatic carbocycles. The number of benzene rings is 1. The predicted molar refractivity (Wildman–Crippen MR) is 61.6 cm³/mol. The summed E-state index contributed by atoms with van der Waals surface area (Å²) in [6, 6.07) is 11.1. The summed E-state index contributed by atoms with van der Waals surface area (Å²) in [6.45, 7) is 2.23. The number of hydrogen-bond donors (Lipinski definition) is 2. The standard InChI is InChI=1S/C13H19NO/c1-10(9-15)14-13(12-7-8-12)11-5-3-2-4-6-11/h2-6,10,12-15H,7-9H2,1H3/t10-,13-/m1/s1. The second-order valence-electron chi connectivity index (χ2n) is 4.48. The SMILES string of the molecule is C[C@H](CO)N[C@H](c1ccccc1)C1CC1. The highest BCUT2D eigenvalue weighted by atomic mass is 16.3. The van der Waals surface area contributed by atoms with Crippen molar-refractivity contribution in [2.75, 3.05) is 6.61 Å². The Morgan fingerprint density at radius 3 is 2.53 bits per heavy atom. The topological polar surface area (TPSA) is 32.3 Å². The van der Waals surface area contributed by atoms with Crippen molar-refractivity contribution in [1.29, 1.82) is 0 Å². The van der Waals surface area contributed by atoms with Gasteiger partial charge in [-0.1, -0.05) is 30.3 Å². The van der Waals surface area contributed by atoms with Gasteiger partial charge in [-0.3, -0.25) is 0 Å². The fraction of sp³-hybridized carbons (Fsp3) is 0.538. The molecule has 0 aliphatic heterocycles. The third kappa shape index (κ3) is 2.80. The first-order valence-corrected chi connectivity index (χ1v) is 5.73. The van der Waals surface area contributed by atoms with Crippen LogP contribution < -0.4 is 5.32 Å². The molecule has 0 radical (unpaired) electrons. The summed E-state index contributed by atoms with van der Waals surface area (Å²) in [6.07, 6.45) is 2.62. The van der Waals surface area contributed by atoms with E-state index in [2.05, 4.69) is 29.6 Å². The minimum Gasteiger partial charge on any atom is -0.395 e. The largest absolute Gasteiger partial charge is 0.395 e. The lowest BCUT2D eigenvalue weighted by molar-refractivity contribution is 0.236. The Bertz CT molecular complexity index is 295. The number of aliphatic hydroxyl groups is 1. The van der Waals surface area contributed by atoms with Gasteiger partial charge in [-0.15, -0.1) is 0 Å². The predicted octanol–water partition coefficient (Wildman–Crippen LogP) is 2.11. The summed E-state index contributed by atoms with van der Waals surface area (Å²) in [4.78, 5) is 0. The molecule has 1 aliphatic rings. The Morgan fingerprint density at radius 1 is 1.33 bits per heavy atom. The Balaban J connectivity index is 2.06. The molecule has 0 saturated heterocycles. The van der Waals surface area contributed by atoms with Crippen LogP contribution in [-0.4, -0.2) is 17.8 Å². The zero-order chi connectivity index (χ0) is 10.7. The molecule has 2 heteroatoms. The Hall–Kier alpha value is -0.860. The van der Waals surface area contributed by atoms with Gasteiger partial charge in [0.15, 0.2) is 0 Å². The van der Waals surface area contributed by atoms with E-state index in [0.29, 0.717) is 6.04 Å². The van der Waals surface area contributed by atoms with Gasteiger partial charge >= 0.3 is 0 Å². The minimum absolute atomic E-state index is 0.177. The molecule has 2 atom stereocenters. The van der Waals surface area contributed by atoms with Crippen molar-refractivity contribution in [3.05, 3.63) is 35.9 Å². The maximum atomic E-state index is 9.07. The summed E-state index contributed by atoms with van der Waals surface area (Å²) >= 11 is 0. The lowest BCUT2D eigenvalue weighted by atomic mass is 10.0. The second-order valence-corrected chi connectivity index (χ2v) is 4.48. The fourth-order valence-corrected chi connectivity index (χ4v) is 1.95. The van der Waals surface area contributed by atoms with Crippen LogP contribution in [0.15, 0.2) is 30.3 Å². The van der Waals surface area contributed by atoms with Crippen LogP contribution in [0.25, 0.3) is 0 Å². The molecule has 0 heterocycles. The summed E-state index contributed by atoms with van der Waals surface area (Å²) < 4.78 is 0. The first-order valence-electron chi connectivity index (χ1n) is 5.73. The summed E-state index contributed by atoms with van der Waals surface area (Å²) in [5.74, 6) is 0.765. The van der Waals surface area contributed by atoms with Crippen LogP contribution in [0.2, 0.25) is 0 Å². The van der Waals surface area contributed by atoms with Gasteiger partial charge in [0.2, 0.25) is 0 Å². The van der Waals surface area contributed by atoms with E-state index in [4.69, 9.17) is 5.11 Å². The van der Waals surface area contributed by atoms with E-state index in [1.54, 1.807) is 0 Å². The quantitative estimate of drug-likeness (QED) is 0.771. The highest BCUT2D eigenvalue weighted by Gasteiger charge is 2.32. The van der Waals surface area contributed by atoms with E-state index in [-0.39, 0.29) is 12.6 Å². The van der Waals surface area contributed by atoms with E-state index in [1.165, 1.54) is 18.4 Å². The van der Waals surface area contributed by atoms with Gasteiger partial charge in [0, 0.05) is 12.1 Å². The van der Waals surface area contributed by atoms with Gasteiger partial charge in [0.25, 0.3) is 0 Å². The average molecular weight is 205 g/mol. The highest BCUT2D eigenvalue weighted by Crippen LogP contribution is 2.41. The van der Waals surface area contributed by atoms with Crippen molar-refractivity contribution in [3.63, 3.8) is 0 Å². The van der Waals surface area contributed by atoms with Crippen LogP contribution in [0.4, 0.5) is 0 Å². The van der Waals surface area contributed by atoms with Gasteiger partial charge in [-0.05, 0) is 31.2 Å². The minimum atomic E-state index is 0.177. The maximum absolute atomic E-state index is 9.07. The molecule has 0 unspecified atom stereocenters. The molecule has 0 amide bonds. The smallest absolute Gasteiger partial charge is 0.0582 e. The van der Waals surface area contributed by atoms with E-state index in [0.717, 1.165) is 5.92 Å². The first-order chi connectivity index (χ1) is 7.31.